The maximum Gasteiger partial charge on any atom is 0.274 e. The first kappa shape index (κ1) is 15.1. The molecule has 2 aromatic rings. The number of halogens is 1. The molecule has 3 rings (SSSR count). The van der Waals surface area contributed by atoms with E-state index in [0.717, 1.165) is 19.4 Å². The molecule has 116 valence electrons. The lowest BCUT2D eigenvalue weighted by Crippen LogP contribution is -2.32. The molecule has 0 aliphatic carbocycles. The summed E-state index contributed by atoms with van der Waals surface area (Å²) in [6.45, 7) is 5.43. The van der Waals surface area contributed by atoms with Crippen LogP contribution in [0.3, 0.4) is 0 Å². The van der Waals surface area contributed by atoms with Gasteiger partial charge in [0.15, 0.2) is 0 Å². The average molecular weight is 318 g/mol. The van der Waals surface area contributed by atoms with Crippen LogP contribution in [0, 0.1) is 6.92 Å². The number of hydrogen-bond donors (Lipinski definition) is 0. The van der Waals surface area contributed by atoms with E-state index in [1.807, 2.05) is 11.8 Å². The van der Waals surface area contributed by atoms with Crippen molar-refractivity contribution in [3.63, 3.8) is 0 Å². The lowest BCUT2D eigenvalue weighted by atomic mass is 10.0. The number of aryl methyl sites for hydroxylation is 2. The van der Waals surface area contributed by atoms with Crippen LogP contribution in [0.2, 0.25) is 5.02 Å². The van der Waals surface area contributed by atoms with E-state index < -0.39 is 0 Å². The molecule has 1 fully saturated rings. The molecule has 1 aliphatic heterocycles. The fourth-order valence-electron chi connectivity index (χ4n) is 3.10. The molecule has 5 heteroatoms. The Morgan fingerprint density at radius 3 is 2.77 bits per heavy atom. The van der Waals surface area contributed by atoms with Gasteiger partial charge in [0.25, 0.3) is 5.91 Å². The van der Waals surface area contributed by atoms with Crippen molar-refractivity contribution in [3.8, 4) is 0 Å². The van der Waals surface area contributed by atoms with Crippen LogP contribution in [0.4, 0.5) is 0 Å². The summed E-state index contributed by atoms with van der Waals surface area (Å²) in [6, 6.07) is 8.55. The summed E-state index contributed by atoms with van der Waals surface area (Å²) in [5.74, 6) is -0.0209. The lowest BCUT2D eigenvalue weighted by molar-refractivity contribution is 0.0723. The summed E-state index contributed by atoms with van der Waals surface area (Å²) in [6.07, 6.45) is 3.56. The van der Waals surface area contributed by atoms with Crippen LogP contribution in [0.1, 0.15) is 47.4 Å². The van der Waals surface area contributed by atoms with Crippen molar-refractivity contribution in [1.82, 2.24) is 14.7 Å². The summed E-state index contributed by atoms with van der Waals surface area (Å²) in [5, 5.41) is 4.61. The number of nitrogens with zero attached hydrogens (tertiary/aromatic N) is 3. The van der Waals surface area contributed by atoms with Gasteiger partial charge in [0.1, 0.15) is 5.69 Å². The normalized spacial score (nSPS) is 18.0. The Balaban J connectivity index is 1.91. The van der Waals surface area contributed by atoms with Crippen LogP contribution in [-0.2, 0) is 6.54 Å². The summed E-state index contributed by atoms with van der Waals surface area (Å²) >= 11 is 6.18. The second-order valence-corrected chi connectivity index (χ2v) is 6.13. The van der Waals surface area contributed by atoms with Crippen LogP contribution in [0.5, 0.6) is 0 Å². The highest BCUT2D eigenvalue weighted by Gasteiger charge is 2.33. The molecule has 0 bridgehead atoms. The van der Waals surface area contributed by atoms with E-state index in [9.17, 15) is 4.79 Å². The molecule has 1 amide bonds. The van der Waals surface area contributed by atoms with E-state index in [-0.39, 0.29) is 11.9 Å². The first-order valence-corrected chi connectivity index (χ1v) is 8.08. The number of aromatic nitrogens is 2. The molecule has 0 unspecified atom stereocenters. The molecule has 4 nitrogen and oxygen atoms in total. The van der Waals surface area contributed by atoms with Crippen LogP contribution >= 0.6 is 11.6 Å². The molecule has 0 N–H and O–H groups in total. The van der Waals surface area contributed by atoms with Crippen LogP contribution in [0.25, 0.3) is 0 Å². The third kappa shape index (κ3) is 2.63. The van der Waals surface area contributed by atoms with Gasteiger partial charge in [0, 0.05) is 13.1 Å². The molecule has 1 atom stereocenters. The molecule has 0 saturated carbocycles. The van der Waals surface area contributed by atoms with Gasteiger partial charge in [0.2, 0.25) is 0 Å². The Bertz CT molecular complexity index is 678. The van der Waals surface area contributed by atoms with E-state index in [2.05, 4.69) is 36.3 Å². The van der Waals surface area contributed by atoms with Crippen molar-refractivity contribution in [2.75, 3.05) is 6.54 Å². The topological polar surface area (TPSA) is 38.1 Å². The Morgan fingerprint density at radius 1 is 1.36 bits per heavy atom. The second-order valence-electron chi connectivity index (χ2n) is 5.72. The molecule has 0 spiro atoms. The van der Waals surface area contributed by atoms with Crippen LogP contribution in [-0.4, -0.2) is 27.1 Å². The number of benzene rings is 1. The minimum absolute atomic E-state index is 0.0209. The van der Waals surface area contributed by atoms with E-state index >= 15 is 0 Å². The first-order valence-electron chi connectivity index (χ1n) is 7.70. The van der Waals surface area contributed by atoms with Crippen molar-refractivity contribution >= 4 is 17.5 Å². The molecular weight excluding hydrogens is 298 g/mol. The van der Waals surface area contributed by atoms with Crippen molar-refractivity contribution in [2.45, 2.75) is 39.3 Å². The van der Waals surface area contributed by atoms with E-state index in [0.29, 0.717) is 17.3 Å². The zero-order chi connectivity index (χ0) is 15.7. The predicted octanol–water partition coefficient (Wildman–Crippen LogP) is 3.84. The summed E-state index contributed by atoms with van der Waals surface area (Å²) in [7, 11) is 0. The summed E-state index contributed by atoms with van der Waals surface area (Å²) in [5.41, 5.74) is 2.92. The number of amides is 1. The number of carbonyl (C=O) groups excluding carboxylic acids is 1. The van der Waals surface area contributed by atoms with Gasteiger partial charge < -0.3 is 4.90 Å². The van der Waals surface area contributed by atoms with Gasteiger partial charge in [-0.05, 0) is 32.3 Å². The Labute approximate surface area is 135 Å². The quantitative estimate of drug-likeness (QED) is 0.862. The smallest absolute Gasteiger partial charge is 0.274 e. The van der Waals surface area contributed by atoms with Crippen molar-refractivity contribution in [3.05, 3.63) is 52.3 Å². The SMILES string of the molecule is CCn1ncc(Cl)c1C(=O)N1CCC[C@H]1c1ccc(C)cc1. The Hall–Kier alpha value is -1.81. The van der Waals surface area contributed by atoms with Gasteiger partial charge in [-0.15, -0.1) is 0 Å². The zero-order valence-electron chi connectivity index (χ0n) is 12.9. The highest BCUT2D eigenvalue weighted by Crippen LogP contribution is 2.34. The van der Waals surface area contributed by atoms with Crippen LogP contribution < -0.4 is 0 Å². The predicted molar refractivity (Wildman–Crippen MR) is 87.1 cm³/mol. The standard InChI is InChI=1S/C17H20ClN3O/c1-3-21-16(14(18)11-19-21)17(22)20-10-4-5-15(20)13-8-6-12(2)7-9-13/h6-9,11,15H,3-5,10H2,1-2H3/t15-/m0/s1. The Morgan fingerprint density at radius 2 is 2.09 bits per heavy atom. The molecule has 1 aromatic heterocycles. The van der Waals surface area contributed by atoms with E-state index in [4.69, 9.17) is 11.6 Å². The number of rotatable bonds is 3. The van der Waals surface area contributed by atoms with Gasteiger partial charge in [-0.3, -0.25) is 9.48 Å². The molecular formula is C17H20ClN3O. The van der Waals surface area contributed by atoms with Crippen molar-refractivity contribution in [2.24, 2.45) is 0 Å². The molecule has 2 heterocycles. The van der Waals surface area contributed by atoms with Gasteiger partial charge in [-0.25, -0.2) is 0 Å². The lowest BCUT2D eigenvalue weighted by Gasteiger charge is -2.25. The maximum atomic E-state index is 12.9. The maximum absolute atomic E-state index is 12.9. The molecule has 1 aromatic carbocycles. The molecule has 22 heavy (non-hydrogen) atoms. The van der Waals surface area contributed by atoms with Crippen LogP contribution in [0.15, 0.2) is 30.5 Å². The molecule has 1 aliphatic rings. The van der Waals surface area contributed by atoms with Crippen molar-refractivity contribution in [1.29, 1.82) is 0 Å². The third-order valence-electron chi connectivity index (χ3n) is 4.27. The number of likely N-dealkylation sites (tertiary alicyclic amines) is 1. The first-order chi connectivity index (χ1) is 10.6. The fraction of sp³-hybridized carbons (Fsp3) is 0.412. The minimum atomic E-state index is -0.0209. The van der Waals surface area contributed by atoms with Gasteiger partial charge in [-0.1, -0.05) is 41.4 Å². The molecule has 0 radical (unpaired) electrons. The van der Waals surface area contributed by atoms with Crippen molar-refractivity contribution < 1.29 is 4.79 Å². The van der Waals surface area contributed by atoms with Gasteiger partial charge in [-0.2, -0.15) is 5.10 Å². The largest absolute Gasteiger partial charge is 0.330 e. The Kier molecular flexibility index (Phi) is 4.21. The summed E-state index contributed by atoms with van der Waals surface area (Å²) < 4.78 is 1.68. The minimum Gasteiger partial charge on any atom is -0.330 e. The zero-order valence-corrected chi connectivity index (χ0v) is 13.7. The monoisotopic (exact) mass is 317 g/mol. The van der Waals surface area contributed by atoms with E-state index in [1.54, 1.807) is 10.9 Å². The molecule has 1 saturated heterocycles. The second kappa shape index (κ2) is 6.13. The van der Waals surface area contributed by atoms with E-state index in [1.165, 1.54) is 11.1 Å². The average Bonchev–Trinajstić information content (AvgIpc) is 3.14. The third-order valence-corrected chi connectivity index (χ3v) is 4.55. The number of carbonyl (C=O) groups is 1. The highest BCUT2D eigenvalue weighted by atomic mass is 35.5. The van der Waals surface area contributed by atoms with Gasteiger partial charge in [0.05, 0.1) is 17.3 Å². The summed E-state index contributed by atoms with van der Waals surface area (Å²) in [4.78, 5) is 14.9. The fourth-order valence-corrected chi connectivity index (χ4v) is 3.32. The highest BCUT2D eigenvalue weighted by molar-refractivity contribution is 6.33. The number of hydrogen-bond acceptors (Lipinski definition) is 2. The van der Waals surface area contributed by atoms with Gasteiger partial charge >= 0.3 is 0 Å².